The molecule has 0 aromatic heterocycles. The predicted octanol–water partition coefficient (Wildman–Crippen LogP) is 17.1. The van der Waals surface area contributed by atoms with Gasteiger partial charge in [-0.3, -0.25) is 20.0 Å². The van der Waals surface area contributed by atoms with Gasteiger partial charge in [0.05, 0.1) is 22.7 Å². The summed E-state index contributed by atoms with van der Waals surface area (Å²) in [6.45, 7) is 0. The molecule has 12 aromatic rings. The smallest absolute Gasteiger partial charge is 0.124 e. The Hall–Kier alpha value is -10.4. The number of aliphatic imine (C=N–C) groups is 4. The molecule has 8 heteroatoms. The van der Waals surface area contributed by atoms with Gasteiger partial charge in [0.2, 0.25) is 0 Å². The molecule has 0 saturated heterocycles. The SMILES string of the molecule is Oc1ccccc1C=Nc1ccc2ccccc2c1-c1c(N=Cc2ccccc2O)ccc2ccccc12.Oc1ccccc1C=Nc1ccc2ccccc2c1-c1c(N=Cc2ccccc2O)ccc2ccccc12. The van der Waals surface area contributed by atoms with Crippen LogP contribution < -0.4 is 0 Å². The van der Waals surface area contributed by atoms with Crippen LogP contribution in [-0.2, 0) is 0 Å². The first-order chi connectivity index (χ1) is 37.4. The number of nitrogens with zero attached hydrogens (tertiary/aromatic N) is 4. The minimum atomic E-state index is 0.178. The first kappa shape index (κ1) is 47.9. The Morgan fingerprint density at radius 1 is 0.211 bits per heavy atom. The van der Waals surface area contributed by atoms with Gasteiger partial charge in [-0.05, 0) is 116 Å². The van der Waals surface area contributed by atoms with Crippen molar-refractivity contribution in [3.05, 3.63) is 265 Å². The highest BCUT2D eigenvalue weighted by atomic mass is 16.3. The van der Waals surface area contributed by atoms with Crippen LogP contribution in [0, 0.1) is 0 Å². The Morgan fingerprint density at radius 3 is 0.632 bits per heavy atom. The van der Waals surface area contributed by atoms with Crippen molar-refractivity contribution in [2.24, 2.45) is 20.0 Å². The average molecular weight is 985 g/mol. The molecule has 0 heterocycles. The number of hydrogen-bond acceptors (Lipinski definition) is 8. The van der Waals surface area contributed by atoms with Crippen molar-refractivity contribution in [1.29, 1.82) is 0 Å². The van der Waals surface area contributed by atoms with Gasteiger partial charge in [-0.2, -0.15) is 0 Å². The molecule has 0 aliphatic heterocycles. The van der Waals surface area contributed by atoms with Gasteiger partial charge in [-0.1, -0.05) is 170 Å². The second kappa shape index (κ2) is 21.7. The lowest BCUT2D eigenvalue weighted by Crippen LogP contribution is -1.89. The van der Waals surface area contributed by atoms with E-state index in [1.807, 2.05) is 121 Å². The molecule has 0 amide bonds. The molecular weight excluding hydrogens is 937 g/mol. The third kappa shape index (κ3) is 10.0. The topological polar surface area (TPSA) is 130 Å². The van der Waals surface area contributed by atoms with E-state index in [2.05, 4.69) is 72.8 Å². The van der Waals surface area contributed by atoms with Gasteiger partial charge >= 0.3 is 0 Å². The van der Waals surface area contributed by atoms with Crippen LogP contribution in [0.5, 0.6) is 23.0 Å². The Kier molecular flexibility index (Phi) is 13.7. The molecule has 0 unspecified atom stereocenters. The molecule has 4 N–H and O–H groups in total. The van der Waals surface area contributed by atoms with Crippen LogP contribution in [0.3, 0.4) is 0 Å². The Labute approximate surface area is 439 Å². The first-order valence-electron chi connectivity index (χ1n) is 24.7. The van der Waals surface area contributed by atoms with E-state index in [9.17, 15) is 20.4 Å². The molecule has 12 rings (SSSR count). The number of para-hydroxylation sites is 4. The third-order valence-corrected chi connectivity index (χ3v) is 13.2. The number of benzene rings is 12. The highest BCUT2D eigenvalue weighted by Crippen LogP contribution is 2.47. The lowest BCUT2D eigenvalue weighted by molar-refractivity contribution is 0.474. The Morgan fingerprint density at radius 2 is 0.408 bits per heavy atom. The summed E-state index contributed by atoms with van der Waals surface area (Å²) in [4.78, 5) is 19.5. The standard InChI is InChI=1S/2C34H24N2O2/c2*37-31-15-7-3-11-25(31)21-35-29-19-17-23-9-1-5-13-27(23)33(29)34-28-14-6-2-10-24(28)18-20-30(34)36-22-26-12-4-8-16-32(26)38/h2*1-22,37-38H. The monoisotopic (exact) mass is 984 g/mol. The third-order valence-electron chi connectivity index (χ3n) is 13.2. The first-order valence-corrected chi connectivity index (χ1v) is 24.7. The Balaban J connectivity index is 0.000000162. The van der Waals surface area contributed by atoms with Crippen LogP contribution in [-0.4, -0.2) is 45.3 Å². The van der Waals surface area contributed by atoms with Crippen molar-refractivity contribution in [2.75, 3.05) is 0 Å². The summed E-state index contributed by atoms with van der Waals surface area (Å²) >= 11 is 0. The molecule has 0 saturated carbocycles. The molecule has 0 bridgehead atoms. The van der Waals surface area contributed by atoms with Crippen LogP contribution in [0.4, 0.5) is 22.7 Å². The molecule has 0 fully saturated rings. The molecule has 0 atom stereocenters. The summed E-state index contributed by atoms with van der Waals surface area (Å²) in [5, 5.41) is 49.8. The number of phenols is 4. The van der Waals surface area contributed by atoms with E-state index in [1.165, 1.54) is 0 Å². The largest absolute Gasteiger partial charge is 0.507 e. The molecule has 364 valence electrons. The lowest BCUT2D eigenvalue weighted by Gasteiger charge is -2.16. The van der Waals surface area contributed by atoms with E-state index in [4.69, 9.17) is 20.0 Å². The summed E-state index contributed by atoms with van der Waals surface area (Å²) in [5.41, 5.74) is 9.45. The molecule has 76 heavy (non-hydrogen) atoms. The maximum absolute atomic E-state index is 10.3. The average Bonchev–Trinajstić information content (AvgIpc) is 3.47. The fraction of sp³-hybridized carbons (Fsp3) is 0. The van der Waals surface area contributed by atoms with Crippen molar-refractivity contribution in [3.63, 3.8) is 0 Å². The van der Waals surface area contributed by atoms with Crippen molar-refractivity contribution < 1.29 is 20.4 Å². The maximum atomic E-state index is 10.3. The van der Waals surface area contributed by atoms with Crippen LogP contribution >= 0.6 is 0 Å². The number of fused-ring (bicyclic) bond motifs is 4. The van der Waals surface area contributed by atoms with Crippen LogP contribution in [0.1, 0.15) is 22.3 Å². The number of aromatic hydroxyl groups is 4. The molecule has 0 spiro atoms. The highest BCUT2D eigenvalue weighted by molar-refractivity contribution is 6.15. The van der Waals surface area contributed by atoms with E-state index in [1.54, 1.807) is 73.4 Å². The molecule has 0 aliphatic carbocycles. The molecule has 0 radical (unpaired) electrons. The van der Waals surface area contributed by atoms with Crippen molar-refractivity contribution in [3.8, 4) is 45.3 Å². The minimum absolute atomic E-state index is 0.178. The maximum Gasteiger partial charge on any atom is 0.124 e. The molecule has 8 nitrogen and oxygen atoms in total. The number of phenolic OH excluding ortho intramolecular Hbond substituents is 4. The van der Waals surface area contributed by atoms with Gasteiger partial charge in [-0.25, -0.2) is 0 Å². The van der Waals surface area contributed by atoms with E-state index >= 15 is 0 Å². The number of rotatable bonds is 10. The fourth-order valence-corrected chi connectivity index (χ4v) is 9.46. The van der Waals surface area contributed by atoms with Gasteiger partial charge in [0, 0.05) is 69.4 Å². The number of hydrogen-bond donors (Lipinski definition) is 4. The van der Waals surface area contributed by atoms with E-state index in [-0.39, 0.29) is 23.0 Å². The fourth-order valence-electron chi connectivity index (χ4n) is 9.46. The van der Waals surface area contributed by atoms with E-state index in [0.29, 0.717) is 22.3 Å². The van der Waals surface area contributed by atoms with Crippen molar-refractivity contribution in [1.82, 2.24) is 0 Å². The molecule has 0 aliphatic rings. The zero-order valence-corrected chi connectivity index (χ0v) is 41.0. The second-order valence-electron chi connectivity index (χ2n) is 18.0. The van der Waals surface area contributed by atoms with Crippen molar-refractivity contribution >= 4 is 90.7 Å². The quantitative estimate of drug-likeness (QED) is 0.102. The minimum Gasteiger partial charge on any atom is -0.507 e. The van der Waals surface area contributed by atoms with Gasteiger partial charge in [-0.15, -0.1) is 0 Å². The zero-order valence-electron chi connectivity index (χ0n) is 41.0. The van der Waals surface area contributed by atoms with Gasteiger partial charge in [0.15, 0.2) is 0 Å². The zero-order chi connectivity index (χ0) is 51.8. The van der Waals surface area contributed by atoms with Crippen LogP contribution in [0.25, 0.3) is 65.3 Å². The molecular formula is C68H48N4O4. The van der Waals surface area contributed by atoms with Gasteiger partial charge in [0.1, 0.15) is 23.0 Å². The highest BCUT2D eigenvalue weighted by Gasteiger charge is 2.19. The second-order valence-corrected chi connectivity index (χ2v) is 18.0. The van der Waals surface area contributed by atoms with Gasteiger partial charge < -0.3 is 20.4 Å². The summed E-state index contributed by atoms with van der Waals surface area (Å²) in [7, 11) is 0. The predicted molar refractivity (Wildman–Crippen MR) is 315 cm³/mol. The van der Waals surface area contributed by atoms with E-state index < -0.39 is 0 Å². The van der Waals surface area contributed by atoms with Crippen LogP contribution in [0.2, 0.25) is 0 Å². The summed E-state index contributed by atoms with van der Waals surface area (Å²) < 4.78 is 0. The normalized spacial score (nSPS) is 11.7. The summed E-state index contributed by atoms with van der Waals surface area (Å²) in [6.07, 6.45) is 6.77. The Bertz CT molecular complexity index is 3710. The van der Waals surface area contributed by atoms with Crippen LogP contribution in [0.15, 0.2) is 263 Å². The van der Waals surface area contributed by atoms with E-state index in [0.717, 1.165) is 88.1 Å². The van der Waals surface area contributed by atoms with Gasteiger partial charge in [0.25, 0.3) is 0 Å². The molecule has 12 aromatic carbocycles. The lowest BCUT2D eigenvalue weighted by atomic mass is 9.91. The summed E-state index contributed by atoms with van der Waals surface area (Å²) in [6, 6.07) is 77.8. The van der Waals surface area contributed by atoms with Crippen molar-refractivity contribution in [2.45, 2.75) is 0 Å². The summed E-state index contributed by atoms with van der Waals surface area (Å²) in [5.74, 6) is 0.710.